The monoisotopic (exact) mass is 337 g/mol. The first-order valence-corrected chi connectivity index (χ1v) is 7.37. The van der Waals surface area contributed by atoms with Crippen molar-refractivity contribution >= 4 is 33.5 Å². The maximum Gasteiger partial charge on any atom is 0.174 e. The van der Waals surface area contributed by atoms with Crippen LogP contribution in [0.4, 0.5) is 0 Å². The highest BCUT2D eigenvalue weighted by atomic mass is 79.9. The van der Waals surface area contributed by atoms with Crippen molar-refractivity contribution in [2.45, 2.75) is 4.90 Å². The number of pyridine rings is 1. The van der Waals surface area contributed by atoms with E-state index in [2.05, 4.69) is 20.9 Å². The average molecular weight is 338 g/mol. The first-order valence-electron chi connectivity index (χ1n) is 5.59. The van der Waals surface area contributed by atoms with E-state index < -0.39 is 0 Å². The highest BCUT2D eigenvalue weighted by Gasteiger charge is 2.08. The number of nitrogens with zero attached hydrogens (tertiary/aromatic N) is 1. The first kappa shape index (κ1) is 14.1. The Bertz CT molecular complexity index is 572. The fourth-order valence-corrected chi connectivity index (χ4v) is 2.50. The molecule has 3 nitrogen and oxygen atoms in total. The Hall–Kier alpha value is -1.33. The lowest BCUT2D eigenvalue weighted by atomic mass is 10.2. The molecular weight excluding hydrogens is 326 g/mol. The summed E-state index contributed by atoms with van der Waals surface area (Å²) in [5.74, 6) is 1.02. The van der Waals surface area contributed by atoms with Gasteiger partial charge in [-0.3, -0.25) is 9.78 Å². The summed E-state index contributed by atoms with van der Waals surface area (Å²) in [6.07, 6.45) is 3.14. The van der Waals surface area contributed by atoms with Crippen LogP contribution in [-0.4, -0.2) is 23.6 Å². The largest absolute Gasteiger partial charge is 0.495 e. The number of hydrogen-bond donors (Lipinski definition) is 0. The van der Waals surface area contributed by atoms with Crippen LogP contribution in [0.25, 0.3) is 0 Å². The van der Waals surface area contributed by atoms with E-state index in [0.29, 0.717) is 17.1 Å². The number of aromatic nitrogens is 1. The number of hydrogen-bond acceptors (Lipinski definition) is 4. The van der Waals surface area contributed by atoms with Gasteiger partial charge in [0.25, 0.3) is 0 Å². The van der Waals surface area contributed by atoms with E-state index in [1.807, 2.05) is 24.3 Å². The van der Waals surface area contributed by atoms with Gasteiger partial charge in [0.15, 0.2) is 5.78 Å². The molecule has 0 N–H and O–H groups in total. The molecule has 19 heavy (non-hydrogen) atoms. The van der Waals surface area contributed by atoms with Crippen molar-refractivity contribution in [1.82, 2.24) is 4.98 Å². The zero-order valence-electron chi connectivity index (χ0n) is 10.3. The SMILES string of the molecule is COc1cncc(C(=O)CSc2ccc(Br)cc2)c1. The lowest BCUT2D eigenvalue weighted by Gasteiger charge is -2.03. The molecule has 0 amide bonds. The van der Waals surface area contributed by atoms with Crippen molar-refractivity contribution in [3.63, 3.8) is 0 Å². The number of Topliss-reactive ketones (excluding diaryl/α,β-unsaturated/α-hetero) is 1. The Balaban J connectivity index is 1.99. The van der Waals surface area contributed by atoms with Crippen LogP contribution in [0.2, 0.25) is 0 Å². The van der Waals surface area contributed by atoms with Gasteiger partial charge in [0, 0.05) is 21.1 Å². The lowest BCUT2D eigenvalue weighted by molar-refractivity contribution is 0.102. The fraction of sp³-hybridized carbons (Fsp3) is 0.143. The molecule has 1 heterocycles. The number of halogens is 1. The van der Waals surface area contributed by atoms with Crippen LogP contribution in [0.5, 0.6) is 5.75 Å². The third-order valence-corrected chi connectivity index (χ3v) is 4.00. The Morgan fingerprint density at radius 2 is 2.05 bits per heavy atom. The summed E-state index contributed by atoms with van der Waals surface area (Å²) in [5, 5.41) is 0. The van der Waals surface area contributed by atoms with Gasteiger partial charge in [0.2, 0.25) is 0 Å². The molecule has 5 heteroatoms. The van der Waals surface area contributed by atoms with Crippen LogP contribution < -0.4 is 4.74 Å². The van der Waals surface area contributed by atoms with Gasteiger partial charge >= 0.3 is 0 Å². The van der Waals surface area contributed by atoms with Gasteiger partial charge in [-0.05, 0) is 30.3 Å². The molecule has 0 bridgehead atoms. The van der Waals surface area contributed by atoms with Crippen LogP contribution in [0.1, 0.15) is 10.4 Å². The Kier molecular flexibility index (Phi) is 4.99. The minimum atomic E-state index is 0.0410. The predicted molar refractivity (Wildman–Crippen MR) is 80.0 cm³/mol. The summed E-state index contributed by atoms with van der Waals surface area (Å²) in [6.45, 7) is 0. The molecule has 0 atom stereocenters. The number of thioether (sulfide) groups is 1. The van der Waals surface area contributed by atoms with Crippen molar-refractivity contribution in [3.8, 4) is 5.75 Å². The predicted octanol–water partition coefficient (Wildman–Crippen LogP) is 3.83. The number of carbonyl (C=O) groups is 1. The van der Waals surface area contributed by atoms with Crippen LogP contribution in [0.15, 0.2) is 52.1 Å². The molecule has 0 aliphatic heterocycles. The van der Waals surface area contributed by atoms with E-state index in [1.54, 1.807) is 25.6 Å². The standard InChI is InChI=1S/C14H12BrNO2S/c1-18-12-6-10(7-16-8-12)14(17)9-19-13-4-2-11(15)3-5-13/h2-8H,9H2,1H3. The van der Waals surface area contributed by atoms with Gasteiger partial charge in [0.1, 0.15) is 5.75 Å². The molecule has 0 aliphatic rings. The normalized spacial score (nSPS) is 10.2. The lowest BCUT2D eigenvalue weighted by Crippen LogP contribution is -2.03. The van der Waals surface area contributed by atoms with Crippen molar-refractivity contribution in [1.29, 1.82) is 0 Å². The number of carbonyl (C=O) groups excluding carboxylic acids is 1. The maximum atomic E-state index is 12.0. The molecule has 1 aromatic heterocycles. The van der Waals surface area contributed by atoms with Crippen molar-refractivity contribution in [2.24, 2.45) is 0 Å². The molecular formula is C14H12BrNO2S. The second kappa shape index (κ2) is 6.73. The average Bonchev–Trinajstić information content (AvgIpc) is 2.46. The third kappa shape index (κ3) is 4.08. The highest BCUT2D eigenvalue weighted by molar-refractivity contribution is 9.10. The van der Waals surface area contributed by atoms with Crippen molar-refractivity contribution < 1.29 is 9.53 Å². The molecule has 0 fully saturated rings. The summed E-state index contributed by atoms with van der Waals surface area (Å²) < 4.78 is 6.08. The van der Waals surface area contributed by atoms with Gasteiger partial charge in [-0.25, -0.2) is 0 Å². The van der Waals surface area contributed by atoms with Crippen molar-refractivity contribution in [2.75, 3.05) is 12.9 Å². The summed E-state index contributed by atoms with van der Waals surface area (Å²) in [5.41, 5.74) is 0.573. The molecule has 0 saturated carbocycles. The smallest absolute Gasteiger partial charge is 0.174 e. The molecule has 0 saturated heterocycles. The van der Waals surface area contributed by atoms with E-state index in [4.69, 9.17) is 4.74 Å². The number of ether oxygens (including phenoxy) is 1. The van der Waals surface area contributed by atoms with E-state index in [1.165, 1.54) is 11.8 Å². The Labute approximate surface area is 124 Å². The summed E-state index contributed by atoms with van der Waals surface area (Å²) in [4.78, 5) is 17.1. The van der Waals surface area contributed by atoms with Gasteiger partial charge in [-0.1, -0.05) is 15.9 Å². The van der Waals surface area contributed by atoms with Gasteiger partial charge in [-0.2, -0.15) is 0 Å². The Morgan fingerprint density at radius 1 is 1.32 bits per heavy atom. The molecule has 0 radical (unpaired) electrons. The van der Waals surface area contributed by atoms with E-state index >= 15 is 0 Å². The summed E-state index contributed by atoms with van der Waals surface area (Å²) in [6, 6.07) is 9.58. The topological polar surface area (TPSA) is 39.2 Å². The van der Waals surface area contributed by atoms with Crippen LogP contribution >= 0.6 is 27.7 Å². The number of methoxy groups -OCH3 is 1. The van der Waals surface area contributed by atoms with Crippen LogP contribution in [0, 0.1) is 0 Å². The first-order chi connectivity index (χ1) is 9.19. The molecule has 1 aromatic carbocycles. The number of rotatable bonds is 5. The van der Waals surface area contributed by atoms with Crippen LogP contribution in [-0.2, 0) is 0 Å². The second-order valence-corrected chi connectivity index (χ2v) is 5.74. The molecule has 0 spiro atoms. The second-order valence-electron chi connectivity index (χ2n) is 3.78. The quantitative estimate of drug-likeness (QED) is 0.614. The van der Waals surface area contributed by atoms with Gasteiger partial charge in [-0.15, -0.1) is 11.8 Å². The minimum absolute atomic E-state index is 0.0410. The van der Waals surface area contributed by atoms with Gasteiger partial charge < -0.3 is 4.74 Å². The van der Waals surface area contributed by atoms with E-state index in [9.17, 15) is 4.79 Å². The molecule has 0 unspecified atom stereocenters. The zero-order chi connectivity index (χ0) is 13.7. The molecule has 2 aromatic rings. The minimum Gasteiger partial charge on any atom is -0.495 e. The highest BCUT2D eigenvalue weighted by Crippen LogP contribution is 2.22. The fourth-order valence-electron chi connectivity index (χ4n) is 1.45. The number of ketones is 1. The molecule has 98 valence electrons. The summed E-state index contributed by atoms with van der Waals surface area (Å²) in [7, 11) is 1.56. The number of benzene rings is 1. The maximum absolute atomic E-state index is 12.0. The molecule has 2 rings (SSSR count). The van der Waals surface area contributed by atoms with E-state index in [-0.39, 0.29) is 5.78 Å². The van der Waals surface area contributed by atoms with Crippen molar-refractivity contribution in [3.05, 3.63) is 52.8 Å². The van der Waals surface area contributed by atoms with Crippen LogP contribution in [0.3, 0.4) is 0 Å². The van der Waals surface area contributed by atoms with E-state index in [0.717, 1.165) is 9.37 Å². The molecule has 0 aliphatic carbocycles. The summed E-state index contributed by atoms with van der Waals surface area (Å²) >= 11 is 4.89. The zero-order valence-corrected chi connectivity index (χ0v) is 12.7. The third-order valence-electron chi connectivity index (χ3n) is 2.45. The Morgan fingerprint density at radius 3 is 2.74 bits per heavy atom. The van der Waals surface area contributed by atoms with Gasteiger partial charge in [0.05, 0.1) is 19.1 Å².